The van der Waals surface area contributed by atoms with Crippen LogP contribution in [0.4, 0.5) is 4.39 Å². The first-order chi connectivity index (χ1) is 10.1. The van der Waals surface area contributed by atoms with Crippen LogP contribution in [0.15, 0.2) is 42.5 Å². The van der Waals surface area contributed by atoms with E-state index in [1.54, 1.807) is 12.1 Å². The molecule has 1 N–H and O–H groups in total. The molecule has 110 valence electrons. The zero-order valence-electron chi connectivity index (χ0n) is 11.3. The summed E-state index contributed by atoms with van der Waals surface area (Å²) in [6, 6.07) is 13.1. The van der Waals surface area contributed by atoms with Crippen LogP contribution < -0.4 is 0 Å². The van der Waals surface area contributed by atoms with Crippen LogP contribution in [0.1, 0.15) is 16.8 Å². The van der Waals surface area contributed by atoms with Gasteiger partial charge in [0, 0.05) is 6.21 Å². The molecular formula is C16H15BrFNO2. The van der Waals surface area contributed by atoms with Crippen LogP contribution in [0.25, 0.3) is 10.8 Å². The summed E-state index contributed by atoms with van der Waals surface area (Å²) in [6.07, 6.45) is -0.484. The summed E-state index contributed by atoms with van der Waals surface area (Å²) in [7, 11) is 0. The van der Waals surface area contributed by atoms with E-state index in [9.17, 15) is 9.18 Å². The van der Waals surface area contributed by atoms with Gasteiger partial charge in [-0.25, -0.2) is 9.18 Å². The summed E-state index contributed by atoms with van der Waals surface area (Å²) >= 11 is 3.24. The van der Waals surface area contributed by atoms with Crippen molar-refractivity contribution < 1.29 is 13.9 Å². The van der Waals surface area contributed by atoms with Crippen LogP contribution in [0, 0.1) is 5.41 Å². The van der Waals surface area contributed by atoms with Crippen molar-refractivity contribution in [2.75, 3.05) is 6.61 Å². The summed E-state index contributed by atoms with van der Waals surface area (Å²) in [4.78, 5) is 11.7. The Morgan fingerprint density at radius 3 is 2.71 bits per heavy atom. The van der Waals surface area contributed by atoms with Gasteiger partial charge < -0.3 is 10.1 Å². The maximum Gasteiger partial charge on any atom is 0.338 e. The van der Waals surface area contributed by atoms with E-state index in [-0.39, 0.29) is 17.9 Å². The zero-order chi connectivity index (χ0) is 15.2. The summed E-state index contributed by atoms with van der Waals surface area (Å²) in [5, 5.41) is 8.82. The van der Waals surface area contributed by atoms with Gasteiger partial charge in [0.1, 0.15) is 12.8 Å². The average molecular weight is 352 g/mol. The molecule has 0 aliphatic carbocycles. The molecule has 0 spiro atoms. The minimum Gasteiger partial charge on any atom is -0.461 e. The van der Waals surface area contributed by atoms with Crippen LogP contribution in [0.2, 0.25) is 0 Å². The fraction of sp³-hybridized carbons (Fsp3) is 0.250. The topological polar surface area (TPSA) is 50.1 Å². The minimum absolute atomic E-state index is 0.0694. The molecule has 0 aromatic heterocycles. The summed E-state index contributed by atoms with van der Waals surface area (Å²) < 4.78 is 18.1. The van der Waals surface area contributed by atoms with Gasteiger partial charge in [-0.3, -0.25) is 0 Å². The third-order valence-corrected chi connectivity index (χ3v) is 3.68. The highest BCUT2D eigenvalue weighted by atomic mass is 79.9. The molecule has 0 saturated carbocycles. The second kappa shape index (κ2) is 7.31. The Labute approximate surface area is 130 Å². The molecule has 2 atom stereocenters. The molecule has 0 saturated heterocycles. The molecule has 2 aromatic carbocycles. The van der Waals surface area contributed by atoms with Crippen LogP contribution >= 0.6 is 15.9 Å². The van der Waals surface area contributed by atoms with Gasteiger partial charge in [-0.05, 0) is 29.3 Å². The molecular weight excluding hydrogens is 337 g/mol. The van der Waals surface area contributed by atoms with E-state index in [2.05, 4.69) is 15.9 Å². The summed E-state index contributed by atoms with van der Waals surface area (Å²) in [5.41, 5.74) is 0.470. The lowest BCUT2D eigenvalue weighted by Crippen LogP contribution is -2.18. The predicted octanol–water partition coefficient (Wildman–Crippen LogP) is 4.14. The Kier molecular flexibility index (Phi) is 5.44. The highest BCUT2D eigenvalue weighted by Gasteiger charge is 2.14. The van der Waals surface area contributed by atoms with Crippen molar-refractivity contribution in [1.82, 2.24) is 0 Å². The molecule has 3 nitrogen and oxygen atoms in total. The fourth-order valence-electron chi connectivity index (χ4n) is 1.95. The Morgan fingerprint density at radius 1 is 1.29 bits per heavy atom. The number of alkyl halides is 2. The molecule has 0 heterocycles. The number of benzene rings is 2. The first kappa shape index (κ1) is 15.6. The van der Waals surface area contributed by atoms with E-state index >= 15 is 0 Å². The highest BCUT2D eigenvalue weighted by molar-refractivity contribution is 9.09. The molecule has 0 aliphatic rings. The normalized spacial score (nSPS) is 13.6. The zero-order valence-corrected chi connectivity index (χ0v) is 12.8. The van der Waals surface area contributed by atoms with Crippen molar-refractivity contribution in [3.05, 3.63) is 48.0 Å². The van der Waals surface area contributed by atoms with Crippen molar-refractivity contribution in [2.45, 2.75) is 17.4 Å². The summed E-state index contributed by atoms with van der Waals surface area (Å²) in [6.45, 7) is 0.0694. The Morgan fingerprint density at radius 2 is 2.00 bits per heavy atom. The molecule has 0 aliphatic heterocycles. The van der Waals surface area contributed by atoms with Crippen LogP contribution in [-0.2, 0) is 4.74 Å². The number of hydrogen-bond donors (Lipinski definition) is 1. The van der Waals surface area contributed by atoms with E-state index in [0.717, 1.165) is 17.0 Å². The molecule has 0 radical (unpaired) electrons. The largest absolute Gasteiger partial charge is 0.461 e. The van der Waals surface area contributed by atoms with Gasteiger partial charge in [-0.15, -0.1) is 0 Å². The summed E-state index contributed by atoms with van der Waals surface area (Å²) in [5.74, 6) is -0.435. The molecule has 0 bridgehead atoms. The van der Waals surface area contributed by atoms with Crippen molar-refractivity contribution in [3.63, 3.8) is 0 Å². The molecule has 0 amide bonds. The quantitative estimate of drug-likeness (QED) is 0.483. The van der Waals surface area contributed by atoms with Crippen molar-refractivity contribution >= 4 is 38.9 Å². The average Bonchev–Trinajstić information content (AvgIpc) is 2.51. The number of carbonyl (C=O) groups excluding carboxylic acids is 1. The van der Waals surface area contributed by atoms with Crippen LogP contribution in [0.5, 0.6) is 0 Å². The maximum atomic E-state index is 13.0. The van der Waals surface area contributed by atoms with E-state index in [1.165, 1.54) is 0 Å². The van der Waals surface area contributed by atoms with Crippen molar-refractivity contribution in [1.29, 1.82) is 5.41 Å². The van der Waals surface area contributed by atoms with Gasteiger partial charge in [-0.2, -0.15) is 0 Å². The van der Waals surface area contributed by atoms with E-state index in [1.807, 2.05) is 30.3 Å². The minimum atomic E-state index is -1.33. The monoisotopic (exact) mass is 351 g/mol. The van der Waals surface area contributed by atoms with Crippen molar-refractivity contribution in [2.24, 2.45) is 0 Å². The van der Waals surface area contributed by atoms with Crippen LogP contribution in [0.3, 0.4) is 0 Å². The molecule has 2 rings (SSSR count). The maximum absolute atomic E-state index is 13.0. The van der Waals surface area contributed by atoms with Gasteiger partial charge >= 0.3 is 5.97 Å². The van der Waals surface area contributed by atoms with Gasteiger partial charge in [-0.1, -0.05) is 46.3 Å². The SMILES string of the molecule is N=C[C@@H](F)C[C@@H](Br)COC(=O)c1ccc2ccccc2c1. The number of hydrogen-bond acceptors (Lipinski definition) is 3. The van der Waals surface area contributed by atoms with Gasteiger partial charge in [0.2, 0.25) is 0 Å². The highest BCUT2D eigenvalue weighted by Crippen LogP contribution is 2.17. The van der Waals surface area contributed by atoms with Crippen molar-refractivity contribution in [3.8, 4) is 0 Å². The number of halogens is 2. The first-order valence-corrected chi connectivity index (χ1v) is 7.46. The Bertz CT molecular complexity index is 647. The number of esters is 1. The molecule has 21 heavy (non-hydrogen) atoms. The van der Waals surface area contributed by atoms with E-state index in [4.69, 9.17) is 10.1 Å². The van der Waals surface area contributed by atoms with E-state index in [0.29, 0.717) is 5.56 Å². The lowest BCUT2D eigenvalue weighted by atomic mass is 10.1. The molecule has 5 heteroatoms. The predicted molar refractivity (Wildman–Crippen MR) is 85.2 cm³/mol. The third-order valence-electron chi connectivity index (χ3n) is 3.04. The number of rotatable bonds is 6. The number of fused-ring (bicyclic) bond motifs is 1. The van der Waals surface area contributed by atoms with Crippen LogP contribution in [-0.4, -0.2) is 29.8 Å². The Balaban J connectivity index is 1.97. The lowest BCUT2D eigenvalue weighted by molar-refractivity contribution is 0.0502. The molecule has 0 fully saturated rings. The molecule has 2 aromatic rings. The number of nitrogens with one attached hydrogen (secondary N) is 1. The van der Waals surface area contributed by atoms with Gasteiger partial charge in [0.15, 0.2) is 0 Å². The second-order valence-electron chi connectivity index (χ2n) is 4.68. The second-order valence-corrected chi connectivity index (χ2v) is 5.97. The number of carbonyl (C=O) groups is 1. The standard InChI is InChI=1S/C16H15BrFNO2/c17-14(8-15(18)9-19)10-21-16(20)13-6-5-11-3-1-2-4-12(11)7-13/h1-7,9,14-15,19H,8,10H2/t14-,15+/m1/s1. The molecule has 0 unspecified atom stereocenters. The smallest absolute Gasteiger partial charge is 0.338 e. The third kappa shape index (κ3) is 4.36. The van der Waals surface area contributed by atoms with Gasteiger partial charge in [0.25, 0.3) is 0 Å². The Hall–Kier alpha value is -1.75. The number of ether oxygens (including phenoxy) is 1. The lowest BCUT2D eigenvalue weighted by Gasteiger charge is -2.11. The van der Waals surface area contributed by atoms with Gasteiger partial charge in [0.05, 0.1) is 10.4 Å². The van der Waals surface area contributed by atoms with E-state index < -0.39 is 12.1 Å². The first-order valence-electron chi connectivity index (χ1n) is 6.55. The fourth-order valence-corrected chi connectivity index (χ4v) is 2.44.